The minimum absolute atomic E-state index is 0.145. The van der Waals surface area contributed by atoms with E-state index in [1.165, 1.54) is 12.1 Å². The highest BCUT2D eigenvalue weighted by Crippen LogP contribution is 2.17. The fourth-order valence-corrected chi connectivity index (χ4v) is 3.29. The van der Waals surface area contributed by atoms with E-state index in [1.54, 1.807) is 18.2 Å². The van der Waals surface area contributed by atoms with Gasteiger partial charge in [-0.3, -0.25) is 4.79 Å². The number of allylic oxidation sites excluding steroid dienone is 1. The van der Waals surface area contributed by atoms with E-state index in [0.717, 1.165) is 9.87 Å². The van der Waals surface area contributed by atoms with E-state index in [4.69, 9.17) is 11.2 Å². The Balaban J connectivity index is 2.96. The number of benzene rings is 1. The summed E-state index contributed by atoms with van der Waals surface area (Å²) in [6, 6.07) is 6.48. The fraction of sp³-hybridized carbons (Fsp3) is 0.353. The standard InChI is InChI=1S/C17H21NO4S/c1-4-6-7-12-18(14-17(19)22-13-5-2)23(20,21)16-10-8-15(3)9-11-16/h2,4,8-11H,1,6-7,12-14H2,3H3. The van der Waals surface area contributed by atoms with Gasteiger partial charge in [0.25, 0.3) is 0 Å². The van der Waals surface area contributed by atoms with Crippen LogP contribution in [0.2, 0.25) is 0 Å². The zero-order valence-electron chi connectivity index (χ0n) is 13.2. The molecule has 6 heteroatoms. The van der Waals surface area contributed by atoms with Crippen molar-refractivity contribution in [2.75, 3.05) is 19.7 Å². The second-order valence-corrected chi connectivity index (χ2v) is 6.89. The smallest absolute Gasteiger partial charge is 0.322 e. The lowest BCUT2D eigenvalue weighted by molar-refractivity contribution is -0.142. The van der Waals surface area contributed by atoms with Crippen LogP contribution < -0.4 is 0 Å². The molecule has 1 aromatic rings. The SMILES string of the molecule is C#CCOC(=O)CN(CCCC=C)S(=O)(=O)c1ccc(C)cc1. The van der Waals surface area contributed by atoms with Crippen molar-refractivity contribution in [3.8, 4) is 12.3 Å². The van der Waals surface area contributed by atoms with Crippen molar-refractivity contribution in [2.24, 2.45) is 0 Å². The molecule has 0 N–H and O–H groups in total. The highest BCUT2D eigenvalue weighted by Gasteiger charge is 2.26. The third kappa shape index (κ3) is 5.89. The summed E-state index contributed by atoms with van der Waals surface area (Å²) in [6.45, 7) is 5.14. The van der Waals surface area contributed by atoms with Gasteiger partial charge in [-0.25, -0.2) is 8.42 Å². The zero-order valence-corrected chi connectivity index (χ0v) is 14.0. The highest BCUT2D eigenvalue weighted by molar-refractivity contribution is 7.89. The van der Waals surface area contributed by atoms with Gasteiger partial charge in [0.1, 0.15) is 6.54 Å². The zero-order chi connectivity index (χ0) is 17.3. The summed E-state index contributed by atoms with van der Waals surface area (Å²) in [5.74, 6) is 1.51. The van der Waals surface area contributed by atoms with E-state index >= 15 is 0 Å². The molecule has 1 aromatic carbocycles. The van der Waals surface area contributed by atoms with Crippen LogP contribution in [0, 0.1) is 19.3 Å². The molecule has 0 saturated heterocycles. The molecule has 0 heterocycles. The number of hydrogen-bond donors (Lipinski definition) is 0. The monoisotopic (exact) mass is 335 g/mol. The maximum Gasteiger partial charge on any atom is 0.322 e. The summed E-state index contributed by atoms with van der Waals surface area (Å²) in [5.41, 5.74) is 0.954. The number of aryl methyl sites for hydroxylation is 1. The first-order valence-electron chi connectivity index (χ1n) is 7.18. The summed E-state index contributed by atoms with van der Waals surface area (Å²) in [5, 5.41) is 0. The second kappa shape index (κ2) is 9.13. The molecule has 0 aliphatic heterocycles. The Kier molecular flexibility index (Phi) is 7.52. The Bertz CT molecular complexity index is 672. The van der Waals surface area contributed by atoms with Crippen LogP contribution >= 0.6 is 0 Å². The van der Waals surface area contributed by atoms with Crippen LogP contribution in [-0.4, -0.2) is 38.4 Å². The third-order valence-corrected chi connectivity index (χ3v) is 4.96. The molecule has 0 bridgehead atoms. The first-order valence-corrected chi connectivity index (χ1v) is 8.62. The number of esters is 1. The molecule has 0 atom stereocenters. The van der Waals surface area contributed by atoms with E-state index in [9.17, 15) is 13.2 Å². The summed E-state index contributed by atoms with van der Waals surface area (Å²) in [6.07, 6.45) is 7.95. The molecule has 0 amide bonds. The van der Waals surface area contributed by atoms with Crippen molar-refractivity contribution in [2.45, 2.75) is 24.7 Å². The Morgan fingerprint density at radius 2 is 2.04 bits per heavy atom. The maximum atomic E-state index is 12.7. The van der Waals surface area contributed by atoms with Gasteiger partial charge in [0, 0.05) is 6.54 Å². The first kappa shape index (κ1) is 18.9. The quantitative estimate of drug-likeness (QED) is 0.300. The van der Waals surface area contributed by atoms with Crippen molar-refractivity contribution in [1.29, 1.82) is 0 Å². The van der Waals surface area contributed by atoms with E-state index in [1.807, 2.05) is 6.92 Å². The summed E-state index contributed by atoms with van der Waals surface area (Å²) in [4.78, 5) is 11.9. The number of sulfonamides is 1. The Morgan fingerprint density at radius 3 is 2.61 bits per heavy atom. The number of terminal acetylenes is 1. The summed E-state index contributed by atoms with van der Waals surface area (Å²) >= 11 is 0. The topological polar surface area (TPSA) is 63.7 Å². The molecular formula is C17H21NO4S. The van der Waals surface area contributed by atoms with Crippen LogP contribution in [0.1, 0.15) is 18.4 Å². The van der Waals surface area contributed by atoms with Crippen molar-refractivity contribution < 1.29 is 17.9 Å². The van der Waals surface area contributed by atoms with Gasteiger partial charge in [-0.1, -0.05) is 29.7 Å². The second-order valence-electron chi connectivity index (χ2n) is 4.95. The van der Waals surface area contributed by atoms with Gasteiger partial charge in [-0.2, -0.15) is 4.31 Å². The van der Waals surface area contributed by atoms with E-state index in [0.29, 0.717) is 12.8 Å². The van der Waals surface area contributed by atoms with Crippen molar-refractivity contribution >= 4 is 16.0 Å². The number of rotatable bonds is 9. The predicted molar refractivity (Wildman–Crippen MR) is 89.2 cm³/mol. The average molecular weight is 335 g/mol. The van der Waals surface area contributed by atoms with Crippen molar-refractivity contribution in [1.82, 2.24) is 4.31 Å². The Labute approximate surface area is 138 Å². The highest BCUT2D eigenvalue weighted by atomic mass is 32.2. The normalized spacial score (nSPS) is 11.0. The number of ether oxygens (including phenoxy) is 1. The Morgan fingerprint density at radius 1 is 1.39 bits per heavy atom. The molecule has 23 heavy (non-hydrogen) atoms. The molecule has 5 nitrogen and oxygen atoms in total. The van der Waals surface area contributed by atoms with Crippen LogP contribution in [0.4, 0.5) is 0 Å². The van der Waals surface area contributed by atoms with Gasteiger partial charge in [0.2, 0.25) is 10.0 Å². The number of carbonyl (C=O) groups excluding carboxylic acids is 1. The lowest BCUT2D eigenvalue weighted by Crippen LogP contribution is -2.37. The van der Waals surface area contributed by atoms with Crippen LogP contribution in [-0.2, 0) is 19.6 Å². The average Bonchev–Trinajstić information content (AvgIpc) is 2.52. The molecule has 0 aromatic heterocycles. The predicted octanol–water partition coefficient (Wildman–Crippen LogP) is 2.13. The van der Waals surface area contributed by atoms with Crippen LogP contribution in [0.3, 0.4) is 0 Å². The number of unbranched alkanes of at least 4 members (excludes halogenated alkanes) is 1. The number of carbonyl (C=O) groups is 1. The van der Waals surface area contributed by atoms with Crippen molar-refractivity contribution in [3.05, 3.63) is 42.5 Å². The largest absolute Gasteiger partial charge is 0.452 e. The lowest BCUT2D eigenvalue weighted by atomic mass is 10.2. The van der Waals surface area contributed by atoms with Gasteiger partial charge < -0.3 is 4.74 Å². The van der Waals surface area contributed by atoms with E-state index in [2.05, 4.69) is 12.5 Å². The minimum atomic E-state index is -3.77. The Hall–Kier alpha value is -2.10. The summed E-state index contributed by atoms with van der Waals surface area (Å²) < 4.78 is 31.3. The lowest BCUT2D eigenvalue weighted by Gasteiger charge is -2.21. The van der Waals surface area contributed by atoms with Gasteiger partial charge in [-0.15, -0.1) is 13.0 Å². The molecular weight excluding hydrogens is 314 g/mol. The molecule has 0 spiro atoms. The van der Waals surface area contributed by atoms with Gasteiger partial charge in [0.15, 0.2) is 6.61 Å². The van der Waals surface area contributed by atoms with E-state index < -0.39 is 16.0 Å². The molecule has 0 unspecified atom stereocenters. The molecule has 0 fully saturated rings. The maximum absolute atomic E-state index is 12.7. The third-order valence-electron chi connectivity index (χ3n) is 3.10. The molecule has 0 saturated carbocycles. The fourth-order valence-electron chi connectivity index (χ4n) is 1.87. The number of hydrogen-bond acceptors (Lipinski definition) is 4. The molecule has 1 rings (SSSR count). The van der Waals surface area contributed by atoms with Gasteiger partial charge in [0.05, 0.1) is 4.90 Å². The number of nitrogens with zero attached hydrogens (tertiary/aromatic N) is 1. The molecule has 0 radical (unpaired) electrons. The van der Waals surface area contributed by atoms with Gasteiger partial charge >= 0.3 is 5.97 Å². The van der Waals surface area contributed by atoms with Crippen molar-refractivity contribution in [3.63, 3.8) is 0 Å². The molecule has 124 valence electrons. The van der Waals surface area contributed by atoms with Crippen LogP contribution in [0.5, 0.6) is 0 Å². The van der Waals surface area contributed by atoms with E-state index in [-0.39, 0.29) is 24.6 Å². The molecule has 0 aliphatic rings. The molecule has 0 aliphatic carbocycles. The van der Waals surface area contributed by atoms with Gasteiger partial charge in [-0.05, 0) is 31.9 Å². The minimum Gasteiger partial charge on any atom is -0.452 e. The van der Waals surface area contributed by atoms with Crippen LogP contribution in [0.15, 0.2) is 41.8 Å². The summed E-state index contributed by atoms with van der Waals surface area (Å²) in [7, 11) is -3.77. The van der Waals surface area contributed by atoms with Crippen LogP contribution in [0.25, 0.3) is 0 Å². The first-order chi connectivity index (χ1) is 10.9.